The second kappa shape index (κ2) is 6.02. The molecule has 0 saturated heterocycles. The third-order valence-electron chi connectivity index (χ3n) is 1.82. The molecular formula is C10H12Cl2N2. The molecule has 0 amide bonds. The van der Waals surface area contributed by atoms with E-state index in [4.69, 9.17) is 23.2 Å². The lowest BCUT2D eigenvalue weighted by atomic mass is 10.2. The van der Waals surface area contributed by atoms with Gasteiger partial charge >= 0.3 is 0 Å². The van der Waals surface area contributed by atoms with Gasteiger partial charge in [0, 0.05) is 29.9 Å². The Kier molecular flexibility index (Phi) is 4.94. The van der Waals surface area contributed by atoms with Gasteiger partial charge in [0.1, 0.15) is 0 Å². The van der Waals surface area contributed by atoms with Gasteiger partial charge in [0.15, 0.2) is 0 Å². The molecule has 0 bridgehead atoms. The van der Waals surface area contributed by atoms with E-state index in [2.05, 4.69) is 10.3 Å². The fourth-order valence-corrected chi connectivity index (χ4v) is 1.21. The average molecular weight is 231 g/mol. The van der Waals surface area contributed by atoms with Gasteiger partial charge in [0.2, 0.25) is 0 Å². The molecule has 0 atom stereocenters. The van der Waals surface area contributed by atoms with Crippen molar-refractivity contribution >= 4 is 23.2 Å². The lowest BCUT2D eigenvalue weighted by molar-refractivity contribution is 0.730. The number of nitrogens with one attached hydrogen (secondary N) is 1. The maximum Gasteiger partial charge on any atom is 0.0570 e. The minimum absolute atomic E-state index is 0.571. The molecule has 0 spiro atoms. The normalized spacial score (nSPS) is 11.8. The Balaban J connectivity index is 2.43. The van der Waals surface area contributed by atoms with Crippen LogP contribution in [0.15, 0.2) is 28.9 Å². The van der Waals surface area contributed by atoms with Crippen molar-refractivity contribution in [3.8, 4) is 0 Å². The van der Waals surface area contributed by atoms with Gasteiger partial charge in [-0.3, -0.25) is 4.98 Å². The average Bonchev–Trinajstić information content (AvgIpc) is 2.20. The third kappa shape index (κ3) is 3.66. The molecule has 1 aromatic heterocycles. The van der Waals surface area contributed by atoms with Crippen LogP contribution in [0.1, 0.15) is 11.3 Å². The van der Waals surface area contributed by atoms with E-state index in [0.717, 1.165) is 5.69 Å². The zero-order chi connectivity index (χ0) is 10.4. The number of aromatic nitrogens is 1. The van der Waals surface area contributed by atoms with Gasteiger partial charge in [-0.05, 0) is 18.6 Å². The van der Waals surface area contributed by atoms with E-state index in [1.807, 2.05) is 19.1 Å². The summed E-state index contributed by atoms with van der Waals surface area (Å²) in [6.07, 6.45) is 1.78. The van der Waals surface area contributed by atoms with E-state index in [0.29, 0.717) is 18.1 Å². The Morgan fingerprint density at radius 1 is 1.64 bits per heavy atom. The first kappa shape index (κ1) is 11.5. The monoisotopic (exact) mass is 230 g/mol. The van der Waals surface area contributed by atoms with Crippen LogP contribution in [0, 0.1) is 6.92 Å². The summed E-state index contributed by atoms with van der Waals surface area (Å²) in [7, 11) is 0. The molecule has 0 aliphatic carbocycles. The van der Waals surface area contributed by atoms with Crippen molar-refractivity contribution < 1.29 is 0 Å². The molecule has 2 nitrogen and oxygen atoms in total. The van der Waals surface area contributed by atoms with Crippen LogP contribution in [0.4, 0.5) is 0 Å². The lowest BCUT2D eigenvalue weighted by Crippen LogP contribution is -2.16. The zero-order valence-electron chi connectivity index (χ0n) is 7.93. The molecular weight excluding hydrogens is 219 g/mol. The van der Waals surface area contributed by atoms with Gasteiger partial charge in [-0.15, -0.1) is 0 Å². The topological polar surface area (TPSA) is 24.9 Å². The van der Waals surface area contributed by atoms with Gasteiger partial charge < -0.3 is 5.32 Å². The molecule has 1 heterocycles. The minimum atomic E-state index is 0.571. The summed E-state index contributed by atoms with van der Waals surface area (Å²) in [5.41, 5.74) is 3.57. The van der Waals surface area contributed by atoms with Gasteiger partial charge in [0.25, 0.3) is 0 Å². The van der Waals surface area contributed by atoms with Gasteiger partial charge in [-0.1, -0.05) is 29.3 Å². The van der Waals surface area contributed by atoms with Crippen LogP contribution in [0.5, 0.6) is 0 Å². The van der Waals surface area contributed by atoms with E-state index in [1.165, 1.54) is 11.1 Å². The largest absolute Gasteiger partial charge is 0.306 e. The van der Waals surface area contributed by atoms with E-state index in [-0.39, 0.29) is 0 Å². The molecule has 0 aliphatic rings. The first-order valence-corrected chi connectivity index (χ1v) is 5.11. The maximum atomic E-state index is 5.72. The molecule has 1 rings (SSSR count). The summed E-state index contributed by atoms with van der Waals surface area (Å²) in [4.78, 5) is 4.24. The second-order valence-electron chi connectivity index (χ2n) is 2.93. The number of hydrogen-bond donors (Lipinski definition) is 1. The Hall–Kier alpha value is -0.570. The van der Waals surface area contributed by atoms with Crippen molar-refractivity contribution in [3.63, 3.8) is 0 Å². The molecule has 4 heteroatoms. The lowest BCUT2D eigenvalue weighted by Gasteiger charge is -2.05. The van der Waals surface area contributed by atoms with Gasteiger partial charge in [-0.2, -0.15) is 0 Å². The summed E-state index contributed by atoms with van der Waals surface area (Å²) in [6.45, 7) is 3.30. The zero-order valence-corrected chi connectivity index (χ0v) is 9.44. The predicted molar refractivity (Wildman–Crippen MR) is 60.5 cm³/mol. The van der Waals surface area contributed by atoms with E-state index in [9.17, 15) is 0 Å². The Bertz CT molecular complexity index is 324. The molecule has 0 unspecified atom stereocenters. The summed E-state index contributed by atoms with van der Waals surface area (Å²) in [5.74, 6) is 0. The van der Waals surface area contributed by atoms with Crippen molar-refractivity contribution in [1.82, 2.24) is 10.3 Å². The molecule has 1 aromatic rings. The summed E-state index contributed by atoms with van der Waals surface area (Å²) >= 11 is 11.1. The number of pyridine rings is 1. The smallest absolute Gasteiger partial charge is 0.0570 e. The minimum Gasteiger partial charge on any atom is -0.306 e. The first-order chi connectivity index (χ1) is 6.74. The van der Waals surface area contributed by atoms with Gasteiger partial charge in [-0.25, -0.2) is 0 Å². The summed E-state index contributed by atoms with van der Waals surface area (Å²) in [5, 5.41) is 3.74. The highest BCUT2D eigenvalue weighted by Gasteiger charge is 1.98. The Labute approximate surface area is 93.9 Å². The highest BCUT2D eigenvalue weighted by molar-refractivity contribution is 6.36. The van der Waals surface area contributed by atoms with Crippen LogP contribution in [0.25, 0.3) is 0 Å². The molecule has 76 valence electrons. The van der Waals surface area contributed by atoms with Crippen molar-refractivity contribution in [1.29, 1.82) is 0 Å². The van der Waals surface area contributed by atoms with Crippen LogP contribution >= 0.6 is 23.2 Å². The molecule has 0 saturated carbocycles. The van der Waals surface area contributed by atoms with Crippen LogP contribution < -0.4 is 5.32 Å². The maximum absolute atomic E-state index is 5.72. The third-order valence-corrected chi connectivity index (χ3v) is 2.44. The van der Waals surface area contributed by atoms with Gasteiger partial charge in [0.05, 0.1) is 5.69 Å². The molecule has 0 fully saturated rings. The van der Waals surface area contributed by atoms with Crippen LogP contribution in [-0.4, -0.2) is 11.5 Å². The SMILES string of the molecule is Cc1cccnc1CNCC(Cl)=CCl. The Morgan fingerprint density at radius 2 is 2.43 bits per heavy atom. The summed E-state index contributed by atoms with van der Waals surface area (Å²) < 4.78 is 0. The van der Waals surface area contributed by atoms with E-state index < -0.39 is 0 Å². The van der Waals surface area contributed by atoms with Crippen LogP contribution in [0.2, 0.25) is 0 Å². The van der Waals surface area contributed by atoms with Crippen LogP contribution in [-0.2, 0) is 6.54 Å². The standard InChI is InChI=1S/C10H12Cl2N2/c1-8-3-2-4-14-10(8)7-13-6-9(12)5-11/h2-5,13H,6-7H2,1H3. The van der Waals surface area contributed by atoms with Crippen LogP contribution in [0.3, 0.4) is 0 Å². The quantitative estimate of drug-likeness (QED) is 0.861. The molecule has 0 aliphatic heterocycles. The van der Waals surface area contributed by atoms with Crippen molar-refractivity contribution in [2.45, 2.75) is 13.5 Å². The van der Waals surface area contributed by atoms with Crippen molar-refractivity contribution in [3.05, 3.63) is 40.2 Å². The van der Waals surface area contributed by atoms with E-state index >= 15 is 0 Å². The van der Waals surface area contributed by atoms with Crippen molar-refractivity contribution in [2.75, 3.05) is 6.54 Å². The number of rotatable bonds is 4. The summed E-state index contributed by atoms with van der Waals surface area (Å²) in [6, 6.07) is 3.95. The second-order valence-corrected chi connectivity index (χ2v) is 3.63. The first-order valence-electron chi connectivity index (χ1n) is 4.30. The molecule has 0 aromatic carbocycles. The molecule has 0 radical (unpaired) electrons. The Morgan fingerprint density at radius 3 is 3.07 bits per heavy atom. The number of hydrogen-bond acceptors (Lipinski definition) is 2. The number of halogens is 2. The predicted octanol–water partition coefficient (Wildman–Crippen LogP) is 2.80. The molecule has 14 heavy (non-hydrogen) atoms. The molecule has 1 N–H and O–H groups in total. The van der Waals surface area contributed by atoms with E-state index in [1.54, 1.807) is 6.20 Å². The van der Waals surface area contributed by atoms with Crippen molar-refractivity contribution in [2.24, 2.45) is 0 Å². The fraction of sp³-hybridized carbons (Fsp3) is 0.300. The number of aryl methyl sites for hydroxylation is 1. The fourth-order valence-electron chi connectivity index (χ4n) is 1.04. The highest BCUT2D eigenvalue weighted by Crippen LogP contribution is 2.04. The number of nitrogens with zero attached hydrogens (tertiary/aromatic N) is 1. The highest BCUT2D eigenvalue weighted by atomic mass is 35.5.